The molecular formula is C15H12ClNO2S. The van der Waals surface area contributed by atoms with Crippen LogP contribution in [0.25, 0.3) is 0 Å². The fourth-order valence-corrected chi connectivity index (χ4v) is 3.32. The fourth-order valence-electron chi connectivity index (χ4n) is 2.11. The van der Waals surface area contributed by atoms with Gasteiger partial charge in [-0.15, -0.1) is 0 Å². The molecule has 0 N–H and O–H groups in total. The van der Waals surface area contributed by atoms with Crippen LogP contribution in [-0.4, -0.2) is 12.7 Å². The van der Waals surface area contributed by atoms with Gasteiger partial charge in [-0.2, -0.15) is 0 Å². The van der Waals surface area contributed by atoms with E-state index in [0.717, 1.165) is 21.2 Å². The summed E-state index contributed by atoms with van der Waals surface area (Å²) in [5.41, 5.74) is 1.59. The van der Waals surface area contributed by atoms with Crippen molar-refractivity contribution in [3.05, 3.63) is 47.5 Å². The Morgan fingerprint density at radius 3 is 2.75 bits per heavy atom. The minimum absolute atomic E-state index is 0.334. The third-order valence-corrected chi connectivity index (χ3v) is 4.30. The summed E-state index contributed by atoms with van der Waals surface area (Å²) >= 11 is 7.69. The normalized spacial score (nSPS) is 12.6. The highest BCUT2D eigenvalue weighted by molar-refractivity contribution is 7.99. The van der Waals surface area contributed by atoms with Crippen LogP contribution in [0.4, 0.5) is 16.2 Å². The Morgan fingerprint density at radius 2 is 1.95 bits per heavy atom. The number of hydrogen-bond donors (Lipinski definition) is 0. The van der Waals surface area contributed by atoms with Crippen LogP contribution in [0.1, 0.15) is 6.92 Å². The zero-order valence-corrected chi connectivity index (χ0v) is 12.4. The van der Waals surface area contributed by atoms with E-state index in [2.05, 4.69) is 0 Å². The van der Waals surface area contributed by atoms with Crippen molar-refractivity contribution in [1.82, 2.24) is 0 Å². The van der Waals surface area contributed by atoms with E-state index in [4.69, 9.17) is 16.3 Å². The third kappa shape index (κ3) is 2.25. The van der Waals surface area contributed by atoms with Crippen LogP contribution in [0.2, 0.25) is 5.02 Å². The molecule has 0 radical (unpaired) electrons. The second kappa shape index (κ2) is 5.38. The Hall–Kier alpha value is -1.65. The largest absolute Gasteiger partial charge is 0.449 e. The van der Waals surface area contributed by atoms with Crippen molar-refractivity contribution < 1.29 is 9.53 Å². The van der Waals surface area contributed by atoms with Crippen LogP contribution >= 0.6 is 23.4 Å². The molecule has 1 amide bonds. The van der Waals surface area contributed by atoms with Gasteiger partial charge in [-0.25, -0.2) is 9.69 Å². The number of rotatable bonds is 1. The number of nitrogens with zero attached hydrogens (tertiary/aromatic N) is 1. The van der Waals surface area contributed by atoms with Crippen LogP contribution in [-0.2, 0) is 4.74 Å². The molecule has 20 heavy (non-hydrogen) atoms. The smallest absolute Gasteiger partial charge is 0.419 e. The summed E-state index contributed by atoms with van der Waals surface area (Å²) in [5.74, 6) is 0. The maximum atomic E-state index is 12.3. The second-order valence-electron chi connectivity index (χ2n) is 4.22. The zero-order valence-electron chi connectivity index (χ0n) is 10.8. The van der Waals surface area contributed by atoms with Gasteiger partial charge in [0.2, 0.25) is 0 Å². The Bertz CT molecular complexity index is 675. The molecule has 2 aromatic rings. The number of para-hydroxylation sites is 1. The molecule has 1 aliphatic heterocycles. The number of carbonyl (C=O) groups is 1. The van der Waals surface area contributed by atoms with Crippen LogP contribution in [0.5, 0.6) is 0 Å². The van der Waals surface area contributed by atoms with Gasteiger partial charge in [0.1, 0.15) is 0 Å². The number of fused-ring (bicyclic) bond motifs is 2. The number of benzene rings is 2. The van der Waals surface area contributed by atoms with Crippen LogP contribution < -0.4 is 4.90 Å². The molecule has 3 rings (SSSR count). The molecule has 0 aromatic heterocycles. The third-order valence-electron chi connectivity index (χ3n) is 2.94. The van der Waals surface area contributed by atoms with Gasteiger partial charge in [0.05, 0.1) is 18.0 Å². The van der Waals surface area contributed by atoms with Gasteiger partial charge in [0.25, 0.3) is 0 Å². The number of amides is 1. The first-order valence-electron chi connectivity index (χ1n) is 6.24. The lowest BCUT2D eigenvalue weighted by Gasteiger charge is -2.30. The number of anilines is 2. The molecule has 0 atom stereocenters. The number of carbonyl (C=O) groups excluding carboxylic acids is 1. The highest BCUT2D eigenvalue weighted by Crippen LogP contribution is 2.48. The summed E-state index contributed by atoms with van der Waals surface area (Å²) in [4.78, 5) is 15.9. The SMILES string of the molecule is CCOC(=O)N1c2ccccc2Sc2ccc(Cl)cc21. The molecule has 0 spiro atoms. The minimum atomic E-state index is -0.385. The summed E-state index contributed by atoms with van der Waals surface area (Å²) in [5, 5.41) is 0.595. The van der Waals surface area contributed by atoms with Crippen molar-refractivity contribution in [2.45, 2.75) is 16.7 Å². The van der Waals surface area contributed by atoms with Gasteiger partial charge in [0, 0.05) is 14.8 Å². The fraction of sp³-hybridized carbons (Fsp3) is 0.133. The van der Waals surface area contributed by atoms with Crippen molar-refractivity contribution in [2.75, 3.05) is 11.5 Å². The first-order valence-corrected chi connectivity index (χ1v) is 7.43. The van der Waals surface area contributed by atoms with Crippen molar-refractivity contribution in [3.8, 4) is 0 Å². The van der Waals surface area contributed by atoms with Crippen molar-refractivity contribution >= 4 is 40.8 Å². The summed E-state index contributed by atoms with van der Waals surface area (Å²) in [6.07, 6.45) is -0.385. The summed E-state index contributed by atoms with van der Waals surface area (Å²) < 4.78 is 5.17. The quantitative estimate of drug-likeness (QED) is 0.734. The lowest BCUT2D eigenvalue weighted by Crippen LogP contribution is -2.29. The topological polar surface area (TPSA) is 29.5 Å². The van der Waals surface area contributed by atoms with E-state index in [1.54, 1.807) is 29.7 Å². The monoisotopic (exact) mass is 305 g/mol. The molecule has 0 saturated carbocycles. The molecule has 2 aromatic carbocycles. The predicted molar refractivity (Wildman–Crippen MR) is 81.2 cm³/mol. The molecule has 0 bridgehead atoms. The van der Waals surface area contributed by atoms with E-state index in [-0.39, 0.29) is 6.09 Å². The summed E-state index contributed by atoms with van der Waals surface area (Å²) in [6.45, 7) is 2.13. The lowest BCUT2D eigenvalue weighted by atomic mass is 10.2. The maximum Gasteiger partial charge on any atom is 0.419 e. The van der Waals surface area contributed by atoms with Crippen molar-refractivity contribution in [2.24, 2.45) is 0 Å². The minimum Gasteiger partial charge on any atom is -0.449 e. The van der Waals surface area contributed by atoms with E-state index in [0.29, 0.717) is 11.6 Å². The average Bonchev–Trinajstić information content (AvgIpc) is 2.45. The van der Waals surface area contributed by atoms with E-state index >= 15 is 0 Å². The van der Waals surface area contributed by atoms with Gasteiger partial charge in [0.15, 0.2) is 0 Å². The van der Waals surface area contributed by atoms with Gasteiger partial charge in [-0.05, 0) is 37.3 Å². The van der Waals surface area contributed by atoms with E-state index in [9.17, 15) is 4.79 Å². The standard InChI is InChI=1S/C15H12ClNO2S/c1-2-19-15(18)17-11-5-3-4-6-13(11)20-14-8-7-10(16)9-12(14)17/h3-9H,2H2,1H3. The Labute approximate surface area is 126 Å². The Balaban J connectivity index is 2.16. The first kappa shape index (κ1) is 13.3. The van der Waals surface area contributed by atoms with Crippen LogP contribution in [0.15, 0.2) is 52.3 Å². The first-order chi connectivity index (χ1) is 9.70. The molecule has 1 heterocycles. The number of hydrogen-bond acceptors (Lipinski definition) is 3. The molecule has 3 nitrogen and oxygen atoms in total. The molecule has 5 heteroatoms. The van der Waals surface area contributed by atoms with Crippen LogP contribution in [0.3, 0.4) is 0 Å². The Kier molecular flexibility index (Phi) is 3.59. The lowest BCUT2D eigenvalue weighted by molar-refractivity contribution is 0.162. The van der Waals surface area contributed by atoms with Gasteiger partial charge < -0.3 is 4.74 Å². The molecule has 102 valence electrons. The summed E-state index contributed by atoms with van der Waals surface area (Å²) in [6, 6.07) is 13.3. The molecule has 0 saturated heterocycles. The molecule has 0 aliphatic carbocycles. The van der Waals surface area contributed by atoms with Gasteiger partial charge in [-0.1, -0.05) is 35.5 Å². The second-order valence-corrected chi connectivity index (χ2v) is 5.74. The predicted octanol–water partition coefficient (Wildman–Crippen LogP) is 5.10. The average molecular weight is 306 g/mol. The van der Waals surface area contributed by atoms with Gasteiger partial charge in [-0.3, -0.25) is 0 Å². The molecule has 1 aliphatic rings. The van der Waals surface area contributed by atoms with Crippen molar-refractivity contribution in [3.63, 3.8) is 0 Å². The highest BCUT2D eigenvalue weighted by Gasteiger charge is 2.29. The zero-order chi connectivity index (χ0) is 14.1. The summed E-state index contributed by atoms with van der Waals surface area (Å²) in [7, 11) is 0. The van der Waals surface area contributed by atoms with Crippen molar-refractivity contribution in [1.29, 1.82) is 0 Å². The van der Waals surface area contributed by atoms with E-state index in [1.165, 1.54) is 0 Å². The van der Waals surface area contributed by atoms with Gasteiger partial charge >= 0.3 is 6.09 Å². The van der Waals surface area contributed by atoms with Crippen LogP contribution in [0, 0.1) is 0 Å². The number of ether oxygens (including phenoxy) is 1. The van der Waals surface area contributed by atoms with E-state index < -0.39 is 0 Å². The molecule has 0 unspecified atom stereocenters. The van der Waals surface area contributed by atoms with E-state index in [1.807, 2.05) is 36.4 Å². The maximum absolute atomic E-state index is 12.3. The number of halogens is 1. The Morgan fingerprint density at radius 1 is 1.20 bits per heavy atom. The molecular weight excluding hydrogens is 294 g/mol. The highest BCUT2D eigenvalue weighted by atomic mass is 35.5. The molecule has 0 fully saturated rings.